The van der Waals surface area contributed by atoms with Crippen molar-refractivity contribution in [3.63, 3.8) is 0 Å². The van der Waals surface area contributed by atoms with Crippen LogP contribution < -0.4 is 0 Å². The molecule has 2 unspecified atom stereocenters. The maximum absolute atomic E-state index is 13.6. The normalized spacial score (nSPS) is 23.2. The Hall–Kier alpha value is -1.50. The third kappa shape index (κ3) is 3.58. The molecule has 0 radical (unpaired) electrons. The Morgan fingerprint density at radius 3 is 2.86 bits per heavy atom. The minimum atomic E-state index is -0.548. The summed E-state index contributed by atoms with van der Waals surface area (Å²) in [6, 6.07) is 2.36. The second-order valence-electron chi connectivity index (χ2n) is 5.43. The van der Waals surface area contributed by atoms with Crippen LogP contribution in [0.4, 0.5) is 4.39 Å². The molecule has 1 aliphatic heterocycles. The Kier molecular flexibility index (Phi) is 4.92. The van der Waals surface area contributed by atoms with Crippen LogP contribution in [-0.4, -0.2) is 52.8 Å². The monoisotopic (exact) mass is 297 g/mol. The summed E-state index contributed by atoms with van der Waals surface area (Å²) in [5.41, 5.74) is 0.357. The van der Waals surface area contributed by atoms with Gasteiger partial charge >= 0.3 is 0 Å². The van der Waals surface area contributed by atoms with E-state index < -0.39 is 5.82 Å². The summed E-state index contributed by atoms with van der Waals surface area (Å²) in [6.45, 7) is 4.40. The average molecular weight is 297 g/mol. The number of aliphatic hydroxyl groups is 1. The molecule has 0 aromatic heterocycles. The molecule has 0 bridgehead atoms. The number of morpholine rings is 1. The summed E-state index contributed by atoms with van der Waals surface area (Å²) >= 11 is 0. The van der Waals surface area contributed by atoms with Crippen molar-refractivity contribution < 1.29 is 24.1 Å². The fraction of sp³-hybridized carbons (Fsp3) is 0.533. The van der Waals surface area contributed by atoms with Gasteiger partial charge in [-0.25, -0.2) is 4.39 Å². The van der Waals surface area contributed by atoms with E-state index in [0.717, 1.165) is 6.07 Å². The Balaban J connectivity index is 2.24. The Bertz CT molecular complexity index is 535. The number of aliphatic hydroxyl groups excluding tert-OH is 1. The Morgan fingerprint density at radius 2 is 2.24 bits per heavy atom. The molecule has 0 saturated carbocycles. The van der Waals surface area contributed by atoms with Crippen molar-refractivity contribution in [1.29, 1.82) is 0 Å². The summed E-state index contributed by atoms with van der Waals surface area (Å²) < 4.78 is 19.1. The van der Waals surface area contributed by atoms with Crippen LogP contribution in [0.2, 0.25) is 0 Å². The van der Waals surface area contributed by atoms with Crippen LogP contribution in [0.25, 0.3) is 0 Å². The zero-order valence-electron chi connectivity index (χ0n) is 12.2. The number of nitrogens with zero attached hydrogens (tertiary/aromatic N) is 1. The fourth-order valence-electron chi connectivity index (χ4n) is 2.47. The zero-order chi connectivity index (χ0) is 15.6. The van der Waals surface area contributed by atoms with Gasteiger partial charge in [-0.1, -0.05) is 0 Å². The van der Waals surface area contributed by atoms with Crippen molar-refractivity contribution in [1.82, 2.24) is 4.90 Å². The first-order chi connectivity index (χ1) is 9.92. The van der Waals surface area contributed by atoms with Gasteiger partial charge in [-0.3, -0.25) is 9.69 Å². The predicted molar refractivity (Wildman–Crippen MR) is 74.8 cm³/mol. The second kappa shape index (κ2) is 6.51. The van der Waals surface area contributed by atoms with E-state index in [2.05, 4.69) is 0 Å². The maximum Gasteiger partial charge on any atom is 0.163 e. The topological polar surface area (TPSA) is 70.0 Å². The fourth-order valence-corrected chi connectivity index (χ4v) is 2.47. The number of hydrogen-bond acceptors (Lipinski definition) is 5. The van der Waals surface area contributed by atoms with Crippen LogP contribution in [-0.2, 0) is 11.3 Å². The second-order valence-corrected chi connectivity index (χ2v) is 5.43. The van der Waals surface area contributed by atoms with Gasteiger partial charge in [-0.2, -0.15) is 0 Å². The molecule has 1 fully saturated rings. The molecule has 0 spiro atoms. The number of carbonyl (C=O) groups excluding carboxylic acids is 1. The molecule has 1 aromatic rings. The summed E-state index contributed by atoms with van der Waals surface area (Å²) in [7, 11) is 0. The molecule has 1 heterocycles. The molecule has 5 nitrogen and oxygen atoms in total. The summed E-state index contributed by atoms with van der Waals surface area (Å²) in [6.07, 6.45) is -0.288. The number of carbonyl (C=O) groups is 1. The lowest BCUT2D eigenvalue weighted by Gasteiger charge is -2.37. The van der Waals surface area contributed by atoms with Gasteiger partial charge in [0, 0.05) is 24.7 Å². The van der Waals surface area contributed by atoms with Gasteiger partial charge in [0.2, 0.25) is 0 Å². The van der Waals surface area contributed by atoms with Crippen LogP contribution in [0.5, 0.6) is 5.75 Å². The summed E-state index contributed by atoms with van der Waals surface area (Å²) in [5.74, 6) is -1.10. The molecule has 0 aliphatic carbocycles. The first-order valence-corrected chi connectivity index (χ1v) is 6.91. The van der Waals surface area contributed by atoms with E-state index in [0.29, 0.717) is 25.3 Å². The first kappa shape index (κ1) is 15.9. The number of hydrogen-bond donors (Lipinski definition) is 2. The third-order valence-electron chi connectivity index (χ3n) is 3.74. The molecule has 0 amide bonds. The lowest BCUT2D eigenvalue weighted by atomic mass is 10.0. The van der Waals surface area contributed by atoms with E-state index in [1.54, 1.807) is 0 Å². The SMILES string of the molecule is CC(=O)c1cc(F)cc(CN2CC(CO)OCC2C)c1O. The number of halogens is 1. The number of ether oxygens (including phenoxy) is 1. The Morgan fingerprint density at radius 1 is 1.52 bits per heavy atom. The average Bonchev–Trinajstić information content (AvgIpc) is 2.44. The third-order valence-corrected chi connectivity index (χ3v) is 3.74. The molecular weight excluding hydrogens is 277 g/mol. The van der Waals surface area contributed by atoms with E-state index >= 15 is 0 Å². The van der Waals surface area contributed by atoms with Crippen LogP contribution in [0, 0.1) is 5.82 Å². The molecule has 2 N–H and O–H groups in total. The van der Waals surface area contributed by atoms with E-state index in [1.807, 2.05) is 11.8 Å². The van der Waals surface area contributed by atoms with Crippen molar-refractivity contribution >= 4 is 5.78 Å². The largest absolute Gasteiger partial charge is 0.507 e. The summed E-state index contributed by atoms with van der Waals surface area (Å²) in [4.78, 5) is 13.4. The lowest BCUT2D eigenvalue weighted by molar-refractivity contribution is -0.0807. The van der Waals surface area contributed by atoms with Gasteiger partial charge in [0.25, 0.3) is 0 Å². The molecular formula is C15H20FNO4. The highest BCUT2D eigenvalue weighted by atomic mass is 19.1. The number of phenols is 1. The minimum Gasteiger partial charge on any atom is -0.507 e. The Labute approximate surface area is 122 Å². The van der Waals surface area contributed by atoms with Gasteiger partial charge in [0.1, 0.15) is 11.6 Å². The molecule has 2 atom stereocenters. The quantitative estimate of drug-likeness (QED) is 0.820. The zero-order valence-corrected chi connectivity index (χ0v) is 12.2. The lowest BCUT2D eigenvalue weighted by Crippen LogP contribution is -2.48. The van der Waals surface area contributed by atoms with Crippen LogP contribution in [0.15, 0.2) is 12.1 Å². The highest BCUT2D eigenvalue weighted by Gasteiger charge is 2.27. The molecule has 1 aromatic carbocycles. The first-order valence-electron chi connectivity index (χ1n) is 6.91. The molecule has 1 aliphatic rings. The summed E-state index contributed by atoms with van der Waals surface area (Å²) in [5, 5.41) is 19.3. The van der Waals surface area contributed by atoms with E-state index in [4.69, 9.17) is 4.74 Å². The van der Waals surface area contributed by atoms with Gasteiger partial charge in [-0.15, -0.1) is 0 Å². The van der Waals surface area contributed by atoms with Crippen LogP contribution in [0.1, 0.15) is 29.8 Å². The van der Waals surface area contributed by atoms with Crippen LogP contribution >= 0.6 is 0 Å². The van der Waals surface area contributed by atoms with Crippen molar-refractivity contribution in [3.8, 4) is 5.75 Å². The highest BCUT2D eigenvalue weighted by molar-refractivity contribution is 5.97. The molecule has 1 saturated heterocycles. The van der Waals surface area contributed by atoms with E-state index in [9.17, 15) is 19.4 Å². The van der Waals surface area contributed by atoms with Crippen molar-refractivity contribution in [2.45, 2.75) is 32.5 Å². The number of phenolic OH excluding ortho intramolecular Hbond substituents is 1. The number of benzene rings is 1. The number of aromatic hydroxyl groups is 1. The van der Waals surface area contributed by atoms with Crippen molar-refractivity contribution in [2.75, 3.05) is 19.8 Å². The molecule has 2 rings (SSSR count). The van der Waals surface area contributed by atoms with Gasteiger partial charge in [-0.05, 0) is 26.0 Å². The van der Waals surface area contributed by atoms with E-state index in [-0.39, 0.29) is 35.8 Å². The number of Topliss-reactive ketones (excluding diaryl/α,β-unsaturated/α-hetero) is 1. The number of ketones is 1. The predicted octanol–water partition coefficient (Wildman–Crippen LogP) is 1.32. The smallest absolute Gasteiger partial charge is 0.163 e. The highest BCUT2D eigenvalue weighted by Crippen LogP contribution is 2.27. The van der Waals surface area contributed by atoms with Crippen LogP contribution in [0.3, 0.4) is 0 Å². The standard InChI is InChI=1S/C15H20FNO4/c1-9-8-21-13(7-18)6-17(9)5-11-3-12(16)4-14(10(2)19)15(11)20/h3-4,9,13,18,20H,5-8H2,1-2H3. The van der Waals surface area contributed by atoms with Gasteiger partial charge in [0.15, 0.2) is 5.78 Å². The molecule has 6 heteroatoms. The van der Waals surface area contributed by atoms with Crippen molar-refractivity contribution in [3.05, 3.63) is 29.1 Å². The van der Waals surface area contributed by atoms with Gasteiger partial charge in [0.05, 0.1) is 24.9 Å². The maximum atomic E-state index is 13.6. The van der Waals surface area contributed by atoms with Crippen molar-refractivity contribution in [2.24, 2.45) is 0 Å². The molecule has 116 valence electrons. The van der Waals surface area contributed by atoms with E-state index in [1.165, 1.54) is 13.0 Å². The minimum absolute atomic E-state index is 0.00961. The number of rotatable bonds is 4. The van der Waals surface area contributed by atoms with Gasteiger partial charge < -0.3 is 14.9 Å². The molecule has 21 heavy (non-hydrogen) atoms.